The zero-order valence-corrected chi connectivity index (χ0v) is 9.35. The van der Waals surface area contributed by atoms with E-state index in [1.807, 2.05) is 6.92 Å². The van der Waals surface area contributed by atoms with Crippen LogP contribution < -0.4 is 0 Å². The van der Waals surface area contributed by atoms with Gasteiger partial charge in [-0.1, -0.05) is 6.92 Å². The molecule has 6 heteroatoms. The molecule has 0 amide bonds. The summed E-state index contributed by atoms with van der Waals surface area (Å²) in [4.78, 5) is 4.10. The Labute approximate surface area is 87.3 Å². The standard InChI is InChI=1S/C8H11ClN2O2S/c1-6-3-2-4-11-7(14(9,12)13)5-10-8(6)11/h5-6H,2-4H2,1H3/t6-/m1/s1. The van der Waals surface area contributed by atoms with E-state index < -0.39 is 9.05 Å². The van der Waals surface area contributed by atoms with E-state index in [4.69, 9.17) is 10.7 Å². The molecule has 0 spiro atoms. The van der Waals surface area contributed by atoms with Crippen LogP contribution in [0.5, 0.6) is 0 Å². The largest absolute Gasteiger partial charge is 0.318 e. The molecule has 2 rings (SSSR count). The fraction of sp³-hybridized carbons (Fsp3) is 0.625. The van der Waals surface area contributed by atoms with Crippen molar-refractivity contribution in [3.63, 3.8) is 0 Å². The van der Waals surface area contributed by atoms with Gasteiger partial charge in [0.25, 0.3) is 9.05 Å². The smallest absolute Gasteiger partial charge is 0.278 e. The highest BCUT2D eigenvalue weighted by atomic mass is 35.7. The van der Waals surface area contributed by atoms with Crippen LogP contribution in [-0.2, 0) is 15.6 Å². The molecule has 0 aromatic carbocycles. The van der Waals surface area contributed by atoms with Crippen LogP contribution >= 0.6 is 10.7 Å². The second kappa shape index (κ2) is 3.24. The van der Waals surface area contributed by atoms with Crippen molar-refractivity contribution in [3.8, 4) is 0 Å². The van der Waals surface area contributed by atoms with E-state index in [1.165, 1.54) is 6.20 Å². The Hall–Kier alpha value is -0.550. The minimum Gasteiger partial charge on any atom is -0.318 e. The van der Waals surface area contributed by atoms with Crippen LogP contribution in [0, 0.1) is 0 Å². The zero-order valence-electron chi connectivity index (χ0n) is 7.77. The molecule has 78 valence electrons. The Morgan fingerprint density at radius 1 is 1.64 bits per heavy atom. The van der Waals surface area contributed by atoms with Crippen molar-refractivity contribution >= 4 is 19.7 Å². The summed E-state index contributed by atoms with van der Waals surface area (Å²) in [5, 5.41) is 0.126. The van der Waals surface area contributed by atoms with Gasteiger partial charge < -0.3 is 4.57 Å². The predicted octanol–water partition coefficient (Wildman–Crippen LogP) is 1.71. The first kappa shape index (κ1) is 9.98. The van der Waals surface area contributed by atoms with Gasteiger partial charge in [0, 0.05) is 23.1 Å². The van der Waals surface area contributed by atoms with Crippen LogP contribution in [0.15, 0.2) is 11.2 Å². The van der Waals surface area contributed by atoms with Gasteiger partial charge in [0.15, 0.2) is 5.03 Å². The third kappa shape index (κ3) is 1.54. The second-order valence-corrected chi connectivity index (χ2v) is 6.10. The highest BCUT2D eigenvalue weighted by molar-refractivity contribution is 8.13. The van der Waals surface area contributed by atoms with E-state index in [-0.39, 0.29) is 5.03 Å². The average Bonchev–Trinajstić information content (AvgIpc) is 2.47. The number of nitrogens with zero attached hydrogens (tertiary/aromatic N) is 2. The Balaban J connectivity index is 2.57. The van der Waals surface area contributed by atoms with E-state index in [0.717, 1.165) is 18.7 Å². The summed E-state index contributed by atoms with van der Waals surface area (Å²) in [5.41, 5.74) is 0. The molecule has 4 nitrogen and oxygen atoms in total. The molecular formula is C8H11ClN2O2S. The topological polar surface area (TPSA) is 52.0 Å². The Morgan fingerprint density at radius 2 is 2.36 bits per heavy atom. The molecule has 2 heterocycles. The third-order valence-electron chi connectivity index (χ3n) is 2.56. The number of hydrogen-bond acceptors (Lipinski definition) is 3. The molecule has 1 aromatic heterocycles. The second-order valence-electron chi connectivity index (χ2n) is 3.59. The van der Waals surface area contributed by atoms with Gasteiger partial charge in [0.05, 0.1) is 6.20 Å². The quantitative estimate of drug-likeness (QED) is 0.695. The molecule has 1 aliphatic rings. The first-order chi connectivity index (χ1) is 6.50. The molecule has 0 saturated heterocycles. The molecule has 0 radical (unpaired) electrons. The third-order valence-corrected chi connectivity index (χ3v) is 3.86. The zero-order chi connectivity index (χ0) is 10.3. The van der Waals surface area contributed by atoms with Gasteiger partial charge >= 0.3 is 0 Å². The first-order valence-electron chi connectivity index (χ1n) is 4.50. The Morgan fingerprint density at radius 3 is 3.00 bits per heavy atom. The number of hydrogen-bond donors (Lipinski definition) is 0. The van der Waals surface area contributed by atoms with Crippen LogP contribution in [0.1, 0.15) is 31.5 Å². The molecule has 14 heavy (non-hydrogen) atoms. The molecule has 0 N–H and O–H groups in total. The lowest BCUT2D eigenvalue weighted by molar-refractivity contribution is 0.441. The molecule has 0 fully saturated rings. The summed E-state index contributed by atoms with van der Waals surface area (Å²) in [6.07, 6.45) is 3.38. The van der Waals surface area contributed by atoms with E-state index in [2.05, 4.69) is 4.98 Å². The van der Waals surface area contributed by atoms with E-state index in [1.54, 1.807) is 4.57 Å². The molecule has 1 aromatic rings. The van der Waals surface area contributed by atoms with Crippen molar-refractivity contribution in [1.29, 1.82) is 0 Å². The van der Waals surface area contributed by atoms with Crippen LogP contribution in [0.2, 0.25) is 0 Å². The summed E-state index contributed by atoms with van der Waals surface area (Å²) in [6.45, 7) is 2.74. The van der Waals surface area contributed by atoms with Crippen molar-refractivity contribution in [2.24, 2.45) is 0 Å². The number of aromatic nitrogens is 2. The summed E-state index contributed by atoms with van der Waals surface area (Å²) in [7, 11) is 1.64. The molecule has 0 aliphatic carbocycles. The molecule has 0 saturated carbocycles. The minimum absolute atomic E-state index is 0.126. The average molecular weight is 235 g/mol. The number of rotatable bonds is 1. The van der Waals surface area contributed by atoms with Gasteiger partial charge in [-0.2, -0.15) is 0 Å². The van der Waals surface area contributed by atoms with Gasteiger partial charge in [-0.25, -0.2) is 13.4 Å². The lowest BCUT2D eigenvalue weighted by Crippen LogP contribution is -2.16. The van der Waals surface area contributed by atoms with E-state index >= 15 is 0 Å². The number of halogens is 1. The fourth-order valence-corrected chi connectivity index (χ4v) is 2.87. The maximum atomic E-state index is 11.2. The maximum Gasteiger partial charge on any atom is 0.278 e. The van der Waals surface area contributed by atoms with Gasteiger partial charge in [-0.15, -0.1) is 0 Å². The SMILES string of the molecule is C[C@@H]1CCCn2c(S(=O)(=O)Cl)cnc21. The van der Waals surface area contributed by atoms with E-state index in [0.29, 0.717) is 12.5 Å². The summed E-state index contributed by atoms with van der Waals surface area (Å²) >= 11 is 0. The van der Waals surface area contributed by atoms with Crippen molar-refractivity contribution in [3.05, 3.63) is 12.0 Å². The van der Waals surface area contributed by atoms with Crippen LogP contribution in [0.4, 0.5) is 0 Å². The van der Waals surface area contributed by atoms with Crippen LogP contribution in [-0.4, -0.2) is 18.0 Å². The Bertz CT molecular complexity index is 452. The Kier molecular flexibility index (Phi) is 2.31. The van der Waals surface area contributed by atoms with Crippen molar-refractivity contribution in [1.82, 2.24) is 9.55 Å². The minimum atomic E-state index is -3.65. The van der Waals surface area contributed by atoms with Crippen molar-refractivity contribution in [2.45, 2.75) is 37.3 Å². The molecule has 0 bridgehead atoms. The molecule has 1 atom stereocenters. The van der Waals surface area contributed by atoms with Gasteiger partial charge in [-0.3, -0.25) is 0 Å². The maximum absolute atomic E-state index is 11.2. The summed E-state index contributed by atoms with van der Waals surface area (Å²) in [5.74, 6) is 1.14. The van der Waals surface area contributed by atoms with Gasteiger partial charge in [0.1, 0.15) is 5.82 Å². The number of fused-ring (bicyclic) bond motifs is 1. The van der Waals surface area contributed by atoms with Crippen LogP contribution in [0.3, 0.4) is 0 Å². The van der Waals surface area contributed by atoms with Crippen LogP contribution in [0.25, 0.3) is 0 Å². The van der Waals surface area contributed by atoms with Gasteiger partial charge in [0.2, 0.25) is 0 Å². The number of imidazole rings is 1. The van der Waals surface area contributed by atoms with Gasteiger partial charge in [-0.05, 0) is 12.8 Å². The molecule has 1 aliphatic heterocycles. The monoisotopic (exact) mass is 234 g/mol. The van der Waals surface area contributed by atoms with E-state index in [9.17, 15) is 8.42 Å². The summed E-state index contributed by atoms with van der Waals surface area (Å²) < 4.78 is 24.1. The molecule has 0 unspecified atom stereocenters. The first-order valence-corrected chi connectivity index (χ1v) is 6.81. The lowest BCUT2D eigenvalue weighted by atomic mass is 10.0. The molecular weight excluding hydrogens is 224 g/mol. The normalized spacial score (nSPS) is 22.0. The fourth-order valence-electron chi connectivity index (χ4n) is 1.87. The predicted molar refractivity (Wildman–Crippen MR) is 52.9 cm³/mol. The highest BCUT2D eigenvalue weighted by Gasteiger charge is 2.25. The summed E-state index contributed by atoms with van der Waals surface area (Å²) in [6, 6.07) is 0. The lowest BCUT2D eigenvalue weighted by Gasteiger charge is -2.20. The van der Waals surface area contributed by atoms with Crippen molar-refractivity contribution in [2.75, 3.05) is 0 Å². The van der Waals surface area contributed by atoms with Crippen molar-refractivity contribution < 1.29 is 8.42 Å². The highest BCUT2D eigenvalue weighted by Crippen LogP contribution is 2.29.